The van der Waals surface area contributed by atoms with Crippen LogP contribution in [-0.4, -0.2) is 60.5 Å². The highest BCUT2D eigenvalue weighted by Crippen LogP contribution is 2.42. The lowest BCUT2D eigenvalue weighted by molar-refractivity contribution is -0.139. The number of nitrogens with zero attached hydrogens (tertiary/aromatic N) is 1. The molecule has 1 atom stereocenters. The Balaban J connectivity index is 1.28. The summed E-state index contributed by atoms with van der Waals surface area (Å²) in [5, 5.41) is 13.9. The maximum absolute atomic E-state index is 13.1. The fourth-order valence-electron chi connectivity index (χ4n) is 5.11. The Morgan fingerprint density at radius 3 is 2.91 bits per heavy atom. The standard InChI is InChI=1S/C25H27N3O5/c29-21-5-4-15(10-19(21)25(30)28-6-8-31-9-7-28)16-11-18-20(13-27-24(18)26-12-16)17-2-1-3-22-23(17)33-14-32-22/h2,4-5,11,13,19,26-27,29H,1,3,6-10,12,14H2. The highest BCUT2D eigenvalue weighted by atomic mass is 16.7. The number of ether oxygens (including phenoxy) is 3. The molecule has 0 radical (unpaired) electrons. The molecule has 1 fully saturated rings. The molecule has 172 valence electrons. The molecule has 4 heterocycles. The third-order valence-corrected chi connectivity index (χ3v) is 6.91. The van der Waals surface area contributed by atoms with Gasteiger partial charge in [0.25, 0.3) is 0 Å². The molecule has 1 aromatic heterocycles. The van der Waals surface area contributed by atoms with Crippen molar-refractivity contribution in [3.63, 3.8) is 0 Å². The van der Waals surface area contributed by atoms with Crippen LogP contribution >= 0.6 is 0 Å². The van der Waals surface area contributed by atoms with Crippen LogP contribution in [0.4, 0.5) is 5.82 Å². The Labute approximate surface area is 191 Å². The molecule has 1 saturated heterocycles. The number of amides is 1. The number of hydrogen-bond donors (Lipinski definition) is 3. The summed E-state index contributed by atoms with van der Waals surface area (Å²) < 4.78 is 16.8. The Hall–Kier alpha value is -3.39. The molecule has 3 aliphatic heterocycles. The van der Waals surface area contributed by atoms with Gasteiger partial charge in [-0.05, 0) is 36.1 Å². The van der Waals surface area contributed by atoms with Crippen LogP contribution < -0.4 is 5.32 Å². The zero-order chi connectivity index (χ0) is 22.4. The van der Waals surface area contributed by atoms with Crippen LogP contribution in [-0.2, 0) is 19.0 Å². The van der Waals surface area contributed by atoms with Crippen LogP contribution in [0.25, 0.3) is 11.6 Å². The number of rotatable bonds is 3. The van der Waals surface area contributed by atoms with Crippen molar-refractivity contribution in [1.29, 1.82) is 0 Å². The van der Waals surface area contributed by atoms with Gasteiger partial charge in [0.15, 0.2) is 5.76 Å². The molecule has 2 aliphatic carbocycles. The number of aliphatic hydroxyl groups is 1. The molecule has 8 nitrogen and oxygen atoms in total. The van der Waals surface area contributed by atoms with E-state index in [9.17, 15) is 9.90 Å². The van der Waals surface area contributed by atoms with E-state index in [1.54, 1.807) is 11.0 Å². The minimum Gasteiger partial charge on any atom is -0.511 e. The molecule has 0 saturated carbocycles. The van der Waals surface area contributed by atoms with Crippen LogP contribution in [0.2, 0.25) is 0 Å². The van der Waals surface area contributed by atoms with Gasteiger partial charge in [0.05, 0.1) is 19.1 Å². The van der Waals surface area contributed by atoms with Crippen LogP contribution in [0.5, 0.6) is 0 Å². The van der Waals surface area contributed by atoms with E-state index in [1.807, 2.05) is 12.3 Å². The quantitative estimate of drug-likeness (QED) is 0.654. The van der Waals surface area contributed by atoms with Gasteiger partial charge in [-0.3, -0.25) is 4.79 Å². The molecule has 1 aromatic rings. The molecular formula is C25H27N3O5. The third-order valence-electron chi connectivity index (χ3n) is 6.91. The molecule has 33 heavy (non-hydrogen) atoms. The van der Waals surface area contributed by atoms with E-state index in [0.29, 0.717) is 39.3 Å². The first-order chi connectivity index (χ1) is 16.2. The average Bonchev–Trinajstić information content (AvgIpc) is 3.51. The molecule has 0 spiro atoms. The predicted molar refractivity (Wildman–Crippen MR) is 123 cm³/mol. The molecule has 0 aromatic carbocycles. The molecule has 8 heteroatoms. The van der Waals surface area contributed by atoms with Crippen molar-refractivity contribution < 1.29 is 24.1 Å². The number of carbonyl (C=O) groups excluding carboxylic acids is 1. The van der Waals surface area contributed by atoms with Gasteiger partial charge in [-0.2, -0.15) is 0 Å². The summed E-state index contributed by atoms with van der Waals surface area (Å²) in [5.74, 6) is 2.29. The zero-order valence-corrected chi connectivity index (χ0v) is 18.4. The van der Waals surface area contributed by atoms with Crippen LogP contribution in [0, 0.1) is 5.92 Å². The van der Waals surface area contributed by atoms with E-state index in [4.69, 9.17) is 14.2 Å². The highest BCUT2D eigenvalue weighted by Gasteiger charge is 2.33. The Bertz CT molecular complexity index is 1150. The maximum atomic E-state index is 13.1. The van der Waals surface area contributed by atoms with Gasteiger partial charge in [-0.25, -0.2) is 0 Å². The molecule has 3 N–H and O–H groups in total. The van der Waals surface area contributed by atoms with E-state index >= 15 is 0 Å². The molecule has 1 unspecified atom stereocenters. The van der Waals surface area contributed by atoms with Crippen LogP contribution in [0.15, 0.2) is 52.8 Å². The minimum absolute atomic E-state index is 0.0322. The van der Waals surface area contributed by atoms with E-state index in [1.165, 1.54) is 0 Å². The van der Waals surface area contributed by atoms with Gasteiger partial charge in [0.2, 0.25) is 12.7 Å². The molecule has 1 amide bonds. The molecular weight excluding hydrogens is 422 g/mol. The molecule has 0 bridgehead atoms. The van der Waals surface area contributed by atoms with Crippen molar-refractivity contribution in [2.75, 3.05) is 45.0 Å². The Kier molecular flexibility index (Phi) is 5.02. The highest BCUT2D eigenvalue weighted by molar-refractivity contribution is 5.89. The summed E-state index contributed by atoms with van der Waals surface area (Å²) in [6.45, 7) is 3.15. The summed E-state index contributed by atoms with van der Waals surface area (Å²) in [4.78, 5) is 18.2. The smallest absolute Gasteiger partial charge is 0.233 e. The van der Waals surface area contributed by atoms with Gasteiger partial charge < -0.3 is 34.5 Å². The third kappa shape index (κ3) is 3.54. The minimum atomic E-state index is -0.547. The summed E-state index contributed by atoms with van der Waals surface area (Å²) in [6.07, 6.45) is 12.3. The van der Waals surface area contributed by atoms with Gasteiger partial charge >= 0.3 is 0 Å². The Morgan fingerprint density at radius 1 is 1.15 bits per heavy atom. The van der Waals surface area contributed by atoms with Gasteiger partial charge in [-0.15, -0.1) is 0 Å². The van der Waals surface area contributed by atoms with Crippen molar-refractivity contribution in [1.82, 2.24) is 9.88 Å². The number of nitrogens with one attached hydrogen (secondary N) is 2. The first kappa shape index (κ1) is 20.2. The van der Waals surface area contributed by atoms with Crippen molar-refractivity contribution in [2.24, 2.45) is 5.92 Å². The number of aliphatic hydroxyl groups excluding tert-OH is 1. The van der Waals surface area contributed by atoms with Crippen molar-refractivity contribution in [3.05, 3.63) is 64.0 Å². The first-order valence-electron chi connectivity index (χ1n) is 11.5. The number of morpholine rings is 1. The number of hydrogen-bond acceptors (Lipinski definition) is 6. The van der Waals surface area contributed by atoms with Crippen LogP contribution in [0.1, 0.15) is 30.4 Å². The number of aromatic amines is 1. The first-order valence-corrected chi connectivity index (χ1v) is 11.5. The number of allylic oxidation sites excluding steroid dienone is 5. The normalized spacial score (nSPS) is 24.4. The van der Waals surface area contributed by atoms with Crippen molar-refractivity contribution in [3.8, 4) is 0 Å². The van der Waals surface area contributed by atoms with Gasteiger partial charge in [-0.1, -0.05) is 12.2 Å². The molecule has 5 aliphatic rings. The number of H-pyrrole nitrogens is 1. The SMILES string of the molecule is O=C(C1CC(C2=Cc3c(C4=CCCC5=C4OCO5)c[nH]c3NC2)=CC=C1O)N1CCOCC1. The zero-order valence-electron chi connectivity index (χ0n) is 18.4. The largest absolute Gasteiger partial charge is 0.511 e. The number of aromatic nitrogens is 1. The second-order valence-electron chi connectivity index (χ2n) is 8.81. The molecule has 6 rings (SSSR count). The maximum Gasteiger partial charge on any atom is 0.233 e. The van der Waals surface area contributed by atoms with E-state index in [0.717, 1.165) is 58.0 Å². The van der Waals surface area contributed by atoms with E-state index in [-0.39, 0.29) is 18.5 Å². The number of carbonyl (C=O) groups is 1. The fourth-order valence-corrected chi connectivity index (χ4v) is 5.11. The Morgan fingerprint density at radius 2 is 2.03 bits per heavy atom. The summed E-state index contributed by atoms with van der Waals surface area (Å²) in [7, 11) is 0. The number of fused-ring (bicyclic) bond motifs is 1. The lowest BCUT2D eigenvalue weighted by Crippen LogP contribution is -2.44. The van der Waals surface area contributed by atoms with Crippen molar-refractivity contribution in [2.45, 2.75) is 19.3 Å². The second-order valence-corrected chi connectivity index (χ2v) is 8.81. The predicted octanol–water partition coefficient (Wildman–Crippen LogP) is 3.46. The van der Waals surface area contributed by atoms with Crippen molar-refractivity contribution >= 4 is 23.4 Å². The lowest BCUT2D eigenvalue weighted by atomic mass is 9.85. The fraction of sp³-hybridized carbons (Fsp3) is 0.400. The average molecular weight is 450 g/mol. The summed E-state index contributed by atoms with van der Waals surface area (Å²) in [5.41, 5.74) is 5.37. The van der Waals surface area contributed by atoms with E-state index < -0.39 is 5.92 Å². The topological polar surface area (TPSA) is 96.0 Å². The summed E-state index contributed by atoms with van der Waals surface area (Å²) in [6, 6.07) is 0. The van der Waals surface area contributed by atoms with Gasteiger partial charge in [0.1, 0.15) is 17.3 Å². The van der Waals surface area contributed by atoms with E-state index in [2.05, 4.69) is 22.5 Å². The lowest BCUT2D eigenvalue weighted by Gasteiger charge is -2.32. The monoisotopic (exact) mass is 449 g/mol. The second kappa shape index (κ2) is 8.19. The van der Waals surface area contributed by atoms with Crippen LogP contribution in [0.3, 0.4) is 0 Å². The van der Waals surface area contributed by atoms with Gasteiger partial charge in [0, 0.05) is 49.0 Å². The summed E-state index contributed by atoms with van der Waals surface area (Å²) >= 11 is 0. The number of anilines is 1.